The Morgan fingerprint density at radius 1 is 1.16 bits per heavy atom. The molecule has 1 aliphatic heterocycles. The molecule has 1 atom stereocenters. The third kappa shape index (κ3) is 6.18. The Morgan fingerprint density at radius 2 is 1.95 bits per heavy atom. The van der Waals surface area contributed by atoms with Gasteiger partial charge in [-0.1, -0.05) is 0 Å². The van der Waals surface area contributed by atoms with Crippen LogP contribution in [0.15, 0.2) is 29.2 Å². The molecular formula is C29H32F2N6O5S2. The van der Waals surface area contributed by atoms with E-state index in [1.807, 2.05) is 6.92 Å². The fraction of sp³-hybridized carbons (Fsp3) is 0.448. The van der Waals surface area contributed by atoms with Crippen molar-refractivity contribution in [1.29, 1.82) is 0 Å². The maximum absolute atomic E-state index is 14.4. The number of rotatable bonds is 10. The van der Waals surface area contributed by atoms with Crippen molar-refractivity contribution in [3.8, 4) is 10.6 Å². The van der Waals surface area contributed by atoms with Gasteiger partial charge in [-0.25, -0.2) is 32.2 Å². The summed E-state index contributed by atoms with van der Waals surface area (Å²) in [6, 6.07) is 6.35. The van der Waals surface area contributed by atoms with Crippen molar-refractivity contribution in [3.63, 3.8) is 0 Å². The number of methoxy groups -OCH3 is 1. The van der Waals surface area contributed by atoms with Crippen LogP contribution >= 0.6 is 11.3 Å². The number of alkyl halides is 2. The molecule has 234 valence electrons. The van der Waals surface area contributed by atoms with Crippen LogP contribution < -0.4 is 10.6 Å². The van der Waals surface area contributed by atoms with Crippen LogP contribution in [0, 0.1) is 12.8 Å². The average Bonchev–Trinajstić information content (AvgIpc) is 3.67. The second kappa shape index (κ2) is 12.1. The van der Waals surface area contributed by atoms with E-state index in [1.165, 1.54) is 28.0 Å². The highest BCUT2D eigenvalue weighted by Crippen LogP contribution is 2.39. The Kier molecular flexibility index (Phi) is 8.39. The van der Waals surface area contributed by atoms with Crippen LogP contribution in [0.5, 0.6) is 0 Å². The van der Waals surface area contributed by atoms with Crippen molar-refractivity contribution < 1.29 is 31.5 Å². The number of hydrogen-bond donors (Lipinski definition) is 2. The largest absolute Gasteiger partial charge is 0.378 e. The molecule has 2 N–H and O–H groups in total. The highest BCUT2D eigenvalue weighted by Gasteiger charge is 2.32. The minimum atomic E-state index is -3.78. The molecule has 1 saturated heterocycles. The first-order valence-electron chi connectivity index (χ1n) is 14.2. The molecule has 1 aromatic carbocycles. The number of benzene rings is 1. The van der Waals surface area contributed by atoms with Gasteiger partial charge >= 0.3 is 0 Å². The Labute approximate surface area is 256 Å². The van der Waals surface area contributed by atoms with Gasteiger partial charge in [-0.2, -0.15) is 0 Å². The van der Waals surface area contributed by atoms with Crippen LogP contribution in [-0.4, -0.2) is 53.8 Å². The summed E-state index contributed by atoms with van der Waals surface area (Å²) >= 11 is 1.42. The van der Waals surface area contributed by atoms with Crippen LogP contribution in [0.3, 0.4) is 0 Å². The van der Waals surface area contributed by atoms with Crippen molar-refractivity contribution in [2.75, 3.05) is 30.6 Å². The van der Waals surface area contributed by atoms with Crippen molar-refractivity contribution >= 4 is 55.4 Å². The first-order chi connectivity index (χ1) is 21.0. The average molecular weight is 647 g/mol. The van der Waals surface area contributed by atoms with Crippen molar-refractivity contribution in [2.45, 2.75) is 63.2 Å². The number of aryl methyl sites for hydroxylation is 1. The second-order valence-electron chi connectivity index (χ2n) is 11.0. The predicted octanol–water partition coefficient (Wildman–Crippen LogP) is 6.14. The lowest BCUT2D eigenvalue weighted by Crippen LogP contribution is -2.21. The monoisotopic (exact) mass is 646 g/mol. The summed E-state index contributed by atoms with van der Waals surface area (Å²) < 4.78 is 67.1. The van der Waals surface area contributed by atoms with Gasteiger partial charge in [0.1, 0.15) is 22.6 Å². The van der Waals surface area contributed by atoms with Crippen molar-refractivity contribution in [2.24, 2.45) is 5.92 Å². The number of sulfone groups is 1. The smallest absolute Gasteiger partial charge is 0.295 e. The Bertz CT molecular complexity index is 1830. The predicted molar refractivity (Wildman–Crippen MR) is 162 cm³/mol. The van der Waals surface area contributed by atoms with E-state index in [0.29, 0.717) is 30.2 Å². The van der Waals surface area contributed by atoms with Crippen LogP contribution in [-0.2, 0) is 30.7 Å². The van der Waals surface area contributed by atoms with E-state index in [2.05, 4.69) is 25.6 Å². The van der Waals surface area contributed by atoms with Crippen LogP contribution in [0.4, 0.5) is 26.0 Å². The van der Waals surface area contributed by atoms with E-state index in [9.17, 15) is 22.0 Å². The molecule has 4 aromatic rings. The normalized spacial score (nSPS) is 17.4. The van der Waals surface area contributed by atoms with E-state index >= 15 is 0 Å². The highest BCUT2D eigenvalue weighted by atomic mass is 32.2. The van der Waals surface area contributed by atoms with E-state index < -0.39 is 28.3 Å². The summed E-state index contributed by atoms with van der Waals surface area (Å²) in [7, 11) is -2.20. The maximum Gasteiger partial charge on any atom is 0.295 e. The van der Waals surface area contributed by atoms with Gasteiger partial charge in [0.25, 0.3) is 6.43 Å². The summed E-state index contributed by atoms with van der Waals surface area (Å²) in [5.41, 5.74) is 1.98. The van der Waals surface area contributed by atoms with Crippen molar-refractivity contribution in [3.05, 3.63) is 40.7 Å². The molecule has 6 rings (SSSR count). The highest BCUT2D eigenvalue weighted by molar-refractivity contribution is 7.90. The third-order valence-corrected chi connectivity index (χ3v) is 9.78. The SMILES string of the molecule is COCc1nc(-c2ccc(Nc3cc(NC(=O)C4CC4)nc4c3nc(C(F)F)n4C3CCCCO3)c(S(C)(=O)=O)c2)sc1C. The van der Waals surface area contributed by atoms with Crippen LogP contribution in [0.1, 0.15) is 61.2 Å². The third-order valence-electron chi connectivity index (χ3n) is 7.59. The quantitative estimate of drug-likeness (QED) is 0.208. The van der Waals surface area contributed by atoms with E-state index in [0.717, 1.165) is 42.5 Å². The molecule has 44 heavy (non-hydrogen) atoms. The topological polar surface area (TPSA) is 137 Å². The Balaban J connectivity index is 1.47. The molecule has 11 nitrogen and oxygen atoms in total. The number of hydrogen-bond acceptors (Lipinski definition) is 10. The molecule has 1 unspecified atom stereocenters. The summed E-state index contributed by atoms with van der Waals surface area (Å²) in [6.45, 7) is 2.66. The number of nitrogens with one attached hydrogen (secondary N) is 2. The summed E-state index contributed by atoms with van der Waals surface area (Å²) in [6.07, 6.45) is 1.08. The lowest BCUT2D eigenvalue weighted by molar-refractivity contribution is -0.117. The number of pyridine rings is 1. The fourth-order valence-electron chi connectivity index (χ4n) is 5.21. The zero-order valence-electron chi connectivity index (χ0n) is 24.4. The number of halogens is 2. The number of ether oxygens (including phenoxy) is 2. The molecule has 4 heterocycles. The molecule has 15 heteroatoms. The number of thiazole rings is 1. The number of anilines is 3. The summed E-state index contributed by atoms with van der Waals surface area (Å²) in [5.74, 6) is -0.728. The Morgan fingerprint density at radius 3 is 2.61 bits per heavy atom. The van der Waals surface area contributed by atoms with Gasteiger partial charge in [0.2, 0.25) is 5.91 Å². The molecule has 3 aromatic heterocycles. The van der Waals surface area contributed by atoms with Gasteiger partial charge in [0.05, 0.1) is 28.6 Å². The van der Waals surface area contributed by atoms with Gasteiger partial charge in [0.15, 0.2) is 21.3 Å². The number of nitrogens with zero attached hydrogens (tertiary/aromatic N) is 4. The molecule has 1 saturated carbocycles. The standard InChI is InChI=1S/C29H32F2N6O5S2/c1-15-20(14-41-2)33-29(43-15)17-9-10-18(21(12-17)44(3,39)40)32-19-13-22(35-28(38)16-7-8-16)34-26-24(19)36-27(25(30)31)37(26)23-6-4-5-11-42-23/h9-10,12-13,16,23,25H,4-8,11,14H2,1-3H3,(H2,32,34,35,38). The summed E-state index contributed by atoms with van der Waals surface area (Å²) in [5, 5.41) is 6.53. The molecule has 0 radical (unpaired) electrons. The number of imidazole rings is 1. The van der Waals surface area contributed by atoms with Gasteiger partial charge in [-0.15, -0.1) is 11.3 Å². The van der Waals surface area contributed by atoms with Gasteiger partial charge in [-0.3, -0.25) is 9.36 Å². The zero-order valence-corrected chi connectivity index (χ0v) is 26.0. The first-order valence-corrected chi connectivity index (χ1v) is 16.9. The molecule has 0 bridgehead atoms. The van der Waals surface area contributed by atoms with E-state index in [1.54, 1.807) is 19.2 Å². The van der Waals surface area contributed by atoms with Gasteiger partial charge < -0.3 is 20.1 Å². The fourth-order valence-corrected chi connectivity index (χ4v) is 6.98. The lowest BCUT2D eigenvalue weighted by atomic mass is 10.2. The van der Waals surface area contributed by atoms with Crippen LogP contribution in [0.2, 0.25) is 0 Å². The number of fused-ring (bicyclic) bond motifs is 1. The van der Waals surface area contributed by atoms with Gasteiger partial charge in [-0.05, 0) is 57.2 Å². The molecule has 2 aliphatic rings. The van der Waals surface area contributed by atoms with Gasteiger partial charge in [0, 0.05) is 42.4 Å². The van der Waals surface area contributed by atoms with Crippen LogP contribution in [0.25, 0.3) is 21.7 Å². The molecule has 1 amide bonds. The number of carbonyl (C=O) groups is 1. The molecule has 1 aliphatic carbocycles. The molecule has 2 fully saturated rings. The maximum atomic E-state index is 14.4. The Hall–Kier alpha value is -3.53. The number of carbonyl (C=O) groups excluding carboxylic acids is 1. The number of amides is 1. The molecular weight excluding hydrogens is 614 g/mol. The van der Waals surface area contributed by atoms with E-state index in [-0.39, 0.29) is 45.1 Å². The number of aromatic nitrogens is 4. The first kappa shape index (κ1) is 30.5. The lowest BCUT2D eigenvalue weighted by Gasteiger charge is -2.25. The van der Waals surface area contributed by atoms with E-state index in [4.69, 9.17) is 9.47 Å². The zero-order chi connectivity index (χ0) is 31.2. The second-order valence-corrected chi connectivity index (χ2v) is 14.2. The summed E-state index contributed by atoms with van der Waals surface area (Å²) in [4.78, 5) is 27.0. The minimum Gasteiger partial charge on any atom is -0.378 e. The van der Waals surface area contributed by atoms with Crippen molar-refractivity contribution in [1.82, 2.24) is 19.5 Å². The molecule has 0 spiro atoms. The minimum absolute atomic E-state index is 0.0196.